The van der Waals surface area contributed by atoms with Gasteiger partial charge in [0.2, 0.25) is 0 Å². The van der Waals surface area contributed by atoms with Gasteiger partial charge in [-0.2, -0.15) is 5.11 Å². The Balaban J connectivity index is 2.18. The third-order valence-electron chi connectivity index (χ3n) is 2.57. The summed E-state index contributed by atoms with van der Waals surface area (Å²) < 4.78 is 4.63. The Morgan fingerprint density at radius 3 is 3.07 bits per heavy atom. The molecule has 1 saturated heterocycles. The molecule has 0 aromatic heterocycles. The van der Waals surface area contributed by atoms with Crippen LogP contribution < -0.4 is 0 Å². The molecule has 2 aliphatic rings. The standard InChI is InChI=1S/C8H11N3O3/c1-14-7(12)5-3-2-4-6-9-10-8(13)11(5)6/h5-6H,2-4H2,1H3. The molecule has 0 aromatic carbocycles. The number of hydrogen-bond acceptors (Lipinski definition) is 4. The fourth-order valence-corrected chi connectivity index (χ4v) is 1.89. The van der Waals surface area contributed by atoms with Crippen molar-refractivity contribution < 1.29 is 14.3 Å². The molecule has 14 heavy (non-hydrogen) atoms. The molecule has 0 aromatic rings. The van der Waals surface area contributed by atoms with E-state index in [1.165, 1.54) is 12.0 Å². The van der Waals surface area contributed by atoms with Crippen molar-refractivity contribution in [2.45, 2.75) is 31.5 Å². The summed E-state index contributed by atoms with van der Waals surface area (Å²) in [4.78, 5) is 24.1. The Hall–Kier alpha value is -1.46. The molecule has 0 bridgehead atoms. The van der Waals surface area contributed by atoms with Crippen LogP contribution >= 0.6 is 0 Å². The largest absolute Gasteiger partial charge is 0.467 e. The molecular weight excluding hydrogens is 186 g/mol. The number of esters is 1. The molecule has 6 nitrogen and oxygen atoms in total. The van der Waals surface area contributed by atoms with Gasteiger partial charge in [0.05, 0.1) is 7.11 Å². The van der Waals surface area contributed by atoms with Gasteiger partial charge in [0.1, 0.15) is 12.2 Å². The lowest BCUT2D eigenvalue weighted by Gasteiger charge is -2.32. The summed E-state index contributed by atoms with van der Waals surface area (Å²) in [5.74, 6) is -0.379. The van der Waals surface area contributed by atoms with Crippen LogP contribution in [0.25, 0.3) is 0 Å². The summed E-state index contributed by atoms with van der Waals surface area (Å²) in [6, 6.07) is -0.925. The minimum atomic E-state index is -0.499. The maximum absolute atomic E-state index is 11.4. The number of carbonyl (C=O) groups excluding carboxylic acids is 2. The van der Waals surface area contributed by atoms with Crippen LogP contribution in [0.4, 0.5) is 4.79 Å². The highest BCUT2D eigenvalue weighted by Crippen LogP contribution is 2.29. The van der Waals surface area contributed by atoms with Gasteiger partial charge in [0.25, 0.3) is 0 Å². The van der Waals surface area contributed by atoms with Gasteiger partial charge >= 0.3 is 12.0 Å². The van der Waals surface area contributed by atoms with E-state index in [-0.39, 0.29) is 12.1 Å². The molecule has 2 heterocycles. The van der Waals surface area contributed by atoms with Crippen LogP contribution in [0, 0.1) is 0 Å². The third kappa shape index (κ3) is 1.26. The maximum atomic E-state index is 11.4. The lowest BCUT2D eigenvalue weighted by atomic mass is 10.0. The molecule has 0 spiro atoms. The molecule has 0 aliphatic carbocycles. The molecule has 1 fully saturated rings. The number of nitrogens with zero attached hydrogens (tertiary/aromatic N) is 3. The van der Waals surface area contributed by atoms with E-state index >= 15 is 0 Å². The van der Waals surface area contributed by atoms with E-state index in [0.29, 0.717) is 6.42 Å². The Kier molecular flexibility index (Phi) is 2.18. The smallest absolute Gasteiger partial charge is 0.364 e. The van der Waals surface area contributed by atoms with Crippen LogP contribution in [-0.4, -0.2) is 36.2 Å². The number of ether oxygens (including phenoxy) is 1. The Morgan fingerprint density at radius 1 is 1.57 bits per heavy atom. The van der Waals surface area contributed by atoms with Crippen LogP contribution in [0.2, 0.25) is 0 Å². The van der Waals surface area contributed by atoms with E-state index in [2.05, 4.69) is 15.0 Å². The first-order valence-corrected chi connectivity index (χ1v) is 4.55. The number of urea groups is 1. The Morgan fingerprint density at radius 2 is 2.36 bits per heavy atom. The summed E-state index contributed by atoms with van der Waals surface area (Å²) >= 11 is 0. The van der Waals surface area contributed by atoms with Gasteiger partial charge < -0.3 is 4.74 Å². The van der Waals surface area contributed by atoms with Crippen molar-refractivity contribution in [3.63, 3.8) is 0 Å². The van der Waals surface area contributed by atoms with Gasteiger partial charge in [0.15, 0.2) is 0 Å². The second-order valence-corrected chi connectivity index (χ2v) is 3.36. The molecule has 0 radical (unpaired) electrons. The van der Waals surface area contributed by atoms with Gasteiger partial charge in [-0.05, 0) is 19.3 Å². The Labute approximate surface area is 80.9 Å². The van der Waals surface area contributed by atoms with Crippen molar-refractivity contribution in [2.24, 2.45) is 10.2 Å². The molecule has 0 saturated carbocycles. The number of fused-ring (bicyclic) bond motifs is 1. The molecule has 0 N–H and O–H groups in total. The average molecular weight is 197 g/mol. The molecule has 2 atom stereocenters. The number of azo groups is 1. The zero-order chi connectivity index (χ0) is 10.1. The summed E-state index contributed by atoms with van der Waals surface area (Å²) in [7, 11) is 1.32. The maximum Gasteiger partial charge on any atom is 0.364 e. The topological polar surface area (TPSA) is 71.3 Å². The van der Waals surface area contributed by atoms with Crippen LogP contribution in [0.3, 0.4) is 0 Å². The molecule has 76 valence electrons. The highest BCUT2D eigenvalue weighted by Gasteiger charge is 2.42. The number of hydrogen-bond donors (Lipinski definition) is 0. The van der Waals surface area contributed by atoms with Crippen molar-refractivity contribution in [2.75, 3.05) is 7.11 Å². The summed E-state index contributed by atoms with van der Waals surface area (Å²) in [5, 5.41) is 7.25. The fourth-order valence-electron chi connectivity index (χ4n) is 1.89. The van der Waals surface area contributed by atoms with E-state index < -0.39 is 12.1 Å². The monoisotopic (exact) mass is 197 g/mol. The molecule has 6 heteroatoms. The van der Waals surface area contributed by atoms with Gasteiger partial charge in [0, 0.05) is 0 Å². The van der Waals surface area contributed by atoms with E-state index in [9.17, 15) is 9.59 Å². The van der Waals surface area contributed by atoms with Crippen molar-refractivity contribution in [1.82, 2.24) is 4.90 Å². The zero-order valence-electron chi connectivity index (χ0n) is 7.84. The molecule has 2 aliphatic heterocycles. The van der Waals surface area contributed by atoms with Crippen molar-refractivity contribution >= 4 is 12.0 Å². The lowest BCUT2D eigenvalue weighted by molar-refractivity contribution is -0.147. The molecule has 2 unspecified atom stereocenters. The number of piperidine rings is 1. The fraction of sp³-hybridized carbons (Fsp3) is 0.750. The first kappa shape index (κ1) is 9.11. The van der Waals surface area contributed by atoms with E-state index in [0.717, 1.165) is 12.8 Å². The highest BCUT2D eigenvalue weighted by atomic mass is 16.5. The summed E-state index contributed by atoms with van der Waals surface area (Å²) in [5.41, 5.74) is 0. The number of amides is 2. The second kappa shape index (κ2) is 3.36. The van der Waals surface area contributed by atoms with Gasteiger partial charge in [-0.25, -0.2) is 9.59 Å². The number of carbonyl (C=O) groups is 2. The van der Waals surface area contributed by atoms with E-state index in [1.807, 2.05) is 0 Å². The predicted molar refractivity (Wildman–Crippen MR) is 45.5 cm³/mol. The molecule has 2 rings (SSSR count). The van der Waals surface area contributed by atoms with Gasteiger partial charge in [-0.1, -0.05) is 5.11 Å². The predicted octanol–water partition coefficient (Wildman–Crippen LogP) is 0.926. The van der Waals surface area contributed by atoms with Crippen molar-refractivity contribution in [1.29, 1.82) is 0 Å². The first-order chi connectivity index (χ1) is 6.74. The Bertz CT molecular complexity index is 302. The minimum Gasteiger partial charge on any atom is -0.467 e. The second-order valence-electron chi connectivity index (χ2n) is 3.36. The summed E-state index contributed by atoms with van der Waals surface area (Å²) in [6.07, 6.45) is 2.04. The highest BCUT2D eigenvalue weighted by molar-refractivity contribution is 5.85. The number of methoxy groups -OCH3 is 1. The van der Waals surface area contributed by atoms with Crippen LogP contribution in [0.1, 0.15) is 19.3 Å². The normalized spacial score (nSPS) is 30.4. The molecule has 2 amide bonds. The van der Waals surface area contributed by atoms with Gasteiger partial charge in [-0.15, -0.1) is 0 Å². The quantitative estimate of drug-likeness (QED) is 0.587. The van der Waals surface area contributed by atoms with Crippen LogP contribution in [0.5, 0.6) is 0 Å². The van der Waals surface area contributed by atoms with Crippen LogP contribution in [0.15, 0.2) is 10.2 Å². The van der Waals surface area contributed by atoms with Crippen molar-refractivity contribution in [3.05, 3.63) is 0 Å². The minimum absolute atomic E-state index is 0.250. The zero-order valence-corrected chi connectivity index (χ0v) is 7.84. The first-order valence-electron chi connectivity index (χ1n) is 4.55. The summed E-state index contributed by atoms with van der Waals surface area (Å²) in [6.45, 7) is 0. The molecular formula is C8H11N3O3. The van der Waals surface area contributed by atoms with E-state index in [4.69, 9.17) is 0 Å². The SMILES string of the molecule is COC(=O)C1CCCC2N=NC(=O)N21. The average Bonchev–Trinajstić information content (AvgIpc) is 2.59. The van der Waals surface area contributed by atoms with Crippen LogP contribution in [-0.2, 0) is 9.53 Å². The third-order valence-corrected chi connectivity index (χ3v) is 2.57. The van der Waals surface area contributed by atoms with E-state index in [1.54, 1.807) is 0 Å². The van der Waals surface area contributed by atoms with Gasteiger partial charge in [-0.3, -0.25) is 4.90 Å². The van der Waals surface area contributed by atoms with Crippen molar-refractivity contribution in [3.8, 4) is 0 Å². The number of rotatable bonds is 1. The lowest BCUT2D eigenvalue weighted by Crippen LogP contribution is -2.49.